The maximum atomic E-state index is 12.0. The van der Waals surface area contributed by atoms with Gasteiger partial charge >= 0.3 is 0 Å². The summed E-state index contributed by atoms with van der Waals surface area (Å²) >= 11 is 0. The van der Waals surface area contributed by atoms with Crippen molar-refractivity contribution in [3.05, 3.63) is 23.8 Å². The third-order valence-corrected chi connectivity index (χ3v) is 5.22. The molecule has 2 rings (SSSR count). The summed E-state index contributed by atoms with van der Waals surface area (Å²) in [6.45, 7) is 3.54. The number of carbonyl (C=O) groups is 1. The highest BCUT2D eigenvalue weighted by atomic mass is 35.5. The Balaban J connectivity index is 0.00000242. The number of hydrogen-bond donors (Lipinski definition) is 3. The van der Waals surface area contributed by atoms with Crippen molar-refractivity contribution in [3.8, 4) is 0 Å². The Bertz CT molecular complexity index is 628. The Kier molecular flexibility index (Phi) is 6.80. The molecule has 1 aliphatic rings. The van der Waals surface area contributed by atoms with Gasteiger partial charge in [-0.1, -0.05) is 6.07 Å². The minimum absolute atomic E-state index is 0. The van der Waals surface area contributed by atoms with Gasteiger partial charge in [0.25, 0.3) is 0 Å². The number of nitrogens with one attached hydrogen (secondary N) is 3. The van der Waals surface area contributed by atoms with E-state index in [1.165, 1.54) is 13.1 Å². The van der Waals surface area contributed by atoms with Gasteiger partial charge in [0.2, 0.25) is 15.9 Å². The Morgan fingerprint density at radius 1 is 1.41 bits per heavy atom. The minimum atomic E-state index is -3.52. The van der Waals surface area contributed by atoms with Crippen molar-refractivity contribution in [3.63, 3.8) is 0 Å². The highest BCUT2D eigenvalue weighted by molar-refractivity contribution is 7.89. The van der Waals surface area contributed by atoms with Crippen molar-refractivity contribution >= 4 is 34.0 Å². The molecule has 0 bridgehead atoms. The second-order valence-electron chi connectivity index (χ2n) is 5.30. The summed E-state index contributed by atoms with van der Waals surface area (Å²) in [5.74, 6) is 0.274. The molecule has 0 aliphatic carbocycles. The van der Waals surface area contributed by atoms with Gasteiger partial charge in [0.05, 0.1) is 4.90 Å². The lowest BCUT2D eigenvalue weighted by molar-refractivity contribution is -0.116. The normalized spacial score (nSPS) is 17.8. The summed E-state index contributed by atoms with van der Waals surface area (Å²) in [6, 6.07) is 4.90. The molecule has 1 atom stereocenters. The number of sulfonamides is 1. The van der Waals surface area contributed by atoms with E-state index in [0.29, 0.717) is 23.6 Å². The fourth-order valence-corrected chi connectivity index (χ4v) is 3.43. The van der Waals surface area contributed by atoms with Crippen molar-refractivity contribution < 1.29 is 13.2 Å². The lowest BCUT2D eigenvalue weighted by Crippen LogP contribution is -2.21. The molecular weight excluding hydrogens is 326 g/mol. The Hall–Kier alpha value is -1.15. The maximum absolute atomic E-state index is 12.0. The van der Waals surface area contributed by atoms with Crippen molar-refractivity contribution in [2.24, 2.45) is 5.92 Å². The summed E-state index contributed by atoms with van der Waals surface area (Å²) in [5.41, 5.74) is 1.15. The Morgan fingerprint density at radius 2 is 2.14 bits per heavy atom. The minimum Gasteiger partial charge on any atom is -0.326 e. The van der Waals surface area contributed by atoms with Gasteiger partial charge in [-0.25, -0.2) is 13.1 Å². The number of benzene rings is 1. The van der Waals surface area contributed by atoms with E-state index in [-0.39, 0.29) is 23.2 Å². The lowest BCUT2D eigenvalue weighted by atomic mass is 10.0. The highest BCUT2D eigenvalue weighted by Crippen LogP contribution is 2.21. The molecule has 124 valence electrons. The summed E-state index contributed by atoms with van der Waals surface area (Å²) < 4.78 is 26.1. The predicted octanol–water partition coefficient (Wildman–Crippen LogP) is 1.26. The highest BCUT2D eigenvalue weighted by Gasteiger charge is 2.19. The van der Waals surface area contributed by atoms with Gasteiger partial charge in [0.1, 0.15) is 0 Å². The van der Waals surface area contributed by atoms with E-state index in [4.69, 9.17) is 0 Å². The molecule has 1 amide bonds. The first kappa shape index (κ1) is 18.9. The molecule has 1 aromatic carbocycles. The van der Waals surface area contributed by atoms with Crippen LogP contribution in [-0.2, 0) is 14.8 Å². The van der Waals surface area contributed by atoms with Crippen LogP contribution in [0.3, 0.4) is 0 Å². The van der Waals surface area contributed by atoms with Crippen LogP contribution < -0.4 is 15.4 Å². The number of halogens is 1. The van der Waals surface area contributed by atoms with E-state index >= 15 is 0 Å². The molecule has 1 saturated heterocycles. The van der Waals surface area contributed by atoms with Gasteiger partial charge < -0.3 is 10.6 Å². The first-order chi connectivity index (χ1) is 9.92. The lowest BCUT2D eigenvalue weighted by Gasteiger charge is -2.12. The first-order valence-electron chi connectivity index (χ1n) is 6.97. The van der Waals surface area contributed by atoms with E-state index in [1.54, 1.807) is 19.1 Å². The third-order valence-electron chi connectivity index (χ3n) is 3.67. The van der Waals surface area contributed by atoms with Gasteiger partial charge in [-0.2, -0.15) is 0 Å². The monoisotopic (exact) mass is 347 g/mol. The zero-order valence-corrected chi connectivity index (χ0v) is 14.3. The SMILES string of the molecule is CNS(=O)(=O)c1cc(NC(=O)CC2CCNC2)ccc1C.Cl. The van der Waals surface area contributed by atoms with Gasteiger partial charge in [-0.05, 0) is 57.1 Å². The van der Waals surface area contributed by atoms with Crippen LogP contribution in [0.1, 0.15) is 18.4 Å². The number of amides is 1. The van der Waals surface area contributed by atoms with Crippen LogP contribution in [0.25, 0.3) is 0 Å². The summed E-state index contributed by atoms with van der Waals surface area (Å²) in [7, 11) is -2.15. The molecule has 6 nitrogen and oxygen atoms in total. The molecule has 22 heavy (non-hydrogen) atoms. The second kappa shape index (κ2) is 7.92. The van der Waals surface area contributed by atoms with Crippen molar-refractivity contribution in [2.45, 2.75) is 24.7 Å². The number of hydrogen-bond acceptors (Lipinski definition) is 4. The summed E-state index contributed by atoms with van der Waals surface area (Å²) in [6.07, 6.45) is 1.45. The maximum Gasteiger partial charge on any atom is 0.240 e. The van der Waals surface area contributed by atoms with Gasteiger partial charge in [0, 0.05) is 12.1 Å². The van der Waals surface area contributed by atoms with E-state index in [1.807, 2.05) is 0 Å². The van der Waals surface area contributed by atoms with Crippen LogP contribution in [0, 0.1) is 12.8 Å². The standard InChI is InChI=1S/C14H21N3O3S.ClH/c1-10-3-4-12(8-13(10)21(19,20)15-2)17-14(18)7-11-5-6-16-9-11;/h3-4,8,11,15-16H,5-7,9H2,1-2H3,(H,17,18);1H. The molecule has 1 aliphatic heterocycles. The Morgan fingerprint density at radius 3 is 2.73 bits per heavy atom. The van der Waals surface area contributed by atoms with Crippen LogP contribution >= 0.6 is 12.4 Å². The molecule has 0 saturated carbocycles. The van der Waals surface area contributed by atoms with E-state index in [0.717, 1.165) is 19.5 Å². The molecule has 1 unspecified atom stereocenters. The molecule has 8 heteroatoms. The number of rotatable bonds is 5. The number of aryl methyl sites for hydroxylation is 1. The van der Waals surface area contributed by atoms with Crippen molar-refractivity contribution in [2.75, 3.05) is 25.5 Å². The molecule has 3 N–H and O–H groups in total. The van der Waals surface area contributed by atoms with Crippen molar-refractivity contribution in [1.29, 1.82) is 0 Å². The average Bonchev–Trinajstić information content (AvgIpc) is 2.93. The Labute approximate surface area is 137 Å². The molecule has 0 spiro atoms. The summed E-state index contributed by atoms with van der Waals surface area (Å²) in [4.78, 5) is 12.2. The summed E-state index contributed by atoms with van der Waals surface area (Å²) in [5, 5.41) is 5.99. The number of carbonyl (C=O) groups excluding carboxylic acids is 1. The van der Waals surface area contributed by atoms with Crippen LogP contribution in [0.5, 0.6) is 0 Å². The first-order valence-corrected chi connectivity index (χ1v) is 8.45. The molecule has 0 radical (unpaired) electrons. The zero-order chi connectivity index (χ0) is 15.5. The van der Waals surface area contributed by atoms with Crippen LogP contribution in [-0.4, -0.2) is 34.5 Å². The fraction of sp³-hybridized carbons (Fsp3) is 0.500. The van der Waals surface area contributed by atoms with Crippen molar-refractivity contribution in [1.82, 2.24) is 10.0 Å². The molecule has 1 fully saturated rings. The van der Waals surface area contributed by atoms with Crippen LogP contribution in [0.2, 0.25) is 0 Å². The fourth-order valence-electron chi connectivity index (χ4n) is 2.44. The smallest absolute Gasteiger partial charge is 0.240 e. The number of anilines is 1. The largest absolute Gasteiger partial charge is 0.326 e. The average molecular weight is 348 g/mol. The third kappa shape index (κ3) is 4.67. The topological polar surface area (TPSA) is 87.3 Å². The second-order valence-corrected chi connectivity index (χ2v) is 7.15. The molecule has 0 aromatic heterocycles. The van der Waals surface area contributed by atoms with Crippen LogP contribution in [0.4, 0.5) is 5.69 Å². The van der Waals surface area contributed by atoms with E-state index in [9.17, 15) is 13.2 Å². The van der Waals surface area contributed by atoms with Crippen LogP contribution in [0.15, 0.2) is 23.1 Å². The molecule has 1 heterocycles. The predicted molar refractivity (Wildman–Crippen MR) is 88.9 cm³/mol. The van der Waals surface area contributed by atoms with E-state index < -0.39 is 10.0 Å². The molecular formula is C14H22ClN3O3S. The van der Waals surface area contributed by atoms with Gasteiger partial charge in [-0.15, -0.1) is 12.4 Å². The zero-order valence-electron chi connectivity index (χ0n) is 12.7. The van der Waals surface area contributed by atoms with Gasteiger partial charge in [-0.3, -0.25) is 4.79 Å². The quantitative estimate of drug-likeness (QED) is 0.748. The van der Waals surface area contributed by atoms with Gasteiger partial charge in [0.15, 0.2) is 0 Å². The molecule has 1 aromatic rings. The van der Waals surface area contributed by atoms with E-state index in [2.05, 4.69) is 15.4 Å².